The van der Waals surface area contributed by atoms with Crippen LogP contribution in [0.3, 0.4) is 0 Å². The maximum Gasteiger partial charge on any atom is 0.213 e. The molecule has 1 aromatic heterocycles. The fourth-order valence-electron chi connectivity index (χ4n) is 2.88. The van der Waals surface area contributed by atoms with Crippen LogP contribution in [0, 0.1) is 0 Å². The van der Waals surface area contributed by atoms with Gasteiger partial charge in [-0.25, -0.2) is 13.1 Å². The van der Waals surface area contributed by atoms with E-state index in [0.717, 1.165) is 27.8 Å². The number of hydrogen-bond acceptors (Lipinski definition) is 3. The minimum absolute atomic E-state index is 0.0961. The van der Waals surface area contributed by atoms with Gasteiger partial charge in [-0.05, 0) is 61.7 Å². The summed E-state index contributed by atoms with van der Waals surface area (Å²) in [4.78, 5) is 0. The van der Waals surface area contributed by atoms with Crippen LogP contribution in [0.25, 0.3) is 16.6 Å². The van der Waals surface area contributed by atoms with Gasteiger partial charge in [-0.2, -0.15) is 0 Å². The lowest BCUT2D eigenvalue weighted by atomic mass is 10.0. The summed E-state index contributed by atoms with van der Waals surface area (Å²) in [5.74, 6) is 0.0961. The number of hydrogen-bond donors (Lipinski definition) is 2. The molecule has 1 heterocycles. The highest BCUT2D eigenvalue weighted by atomic mass is 32.2. The van der Waals surface area contributed by atoms with Gasteiger partial charge in [0.15, 0.2) is 0 Å². The van der Waals surface area contributed by atoms with E-state index in [1.165, 1.54) is 0 Å². The normalized spacial score (nSPS) is 13.4. The van der Waals surface area contributed by atoms with Crippen molar-refractivity contribution in [3.63, 3.8) is 0 Å². The largest absolute Gasteiger partial charge is 0.399 e. The summed E-state index contributed by atoms with van der Waals surface area (Å²) in [5.41, 5.74) is 9.86. The van der Waals surface area contributed by atoms with E-state index in [1.54, 1.807) is 13.8 Å². The highest BCUT2D eigenvalue weighted by molar-refractivity contribution is 7.90. The molecule has 0 amide bonds. The maximum atomic E-state index is 11.9. The first-order valence-corrected chi connectivity index (χ1v) is 10.3. The standard InChI is InChI=1S/C20H25N3O2S/c1-14(2)26(24,25)22-13-15(3)16-4-7-19(8-5-16)23-11-10-17-12-18(21)6-9-20(17)23/h4-12,14-15,22H,13,21H2,1-3H3. The number of benzene rings is 2. The van der Waals surface area contributed by atoms with E-state index in [1.807, 2.05) is 49.5 Å². The lowest BCUT2D eigenvalue weighted by Gasteiger charge is -2.16. The van der Waals surface area contributed by atoms with E-state index in [2.05, 4.69) is 21.4 Å². The highest BCUT2D eigenvalue weighted by Crippen LogP contribution is 2.24. The summed E-state index contributed by atoms with van der Waals surface area (Å²) < 4.78 is 28.6. The Morgan fingerprint density at radius 2 is 1.73 bits per heavy atom. The topological polar surface area (TPSA) is 77.1 Å². The van der Waals surface area contributed by atoms with Crippen molar-refractivity contribution in [1.82, 2.24) is 9.29 Å². The summed E-state index contributed by atoms with van der Waals surface area (Å²) in [6, 6.07) is 16.1. The Morgan fingerprint density at radius 1 is 1.04 bits per heavy atom. The molecule has 26 heavy (non-hydrogen) atoms. The molecule has 0 aliphatic carbocycles. The molecule has 1 atom stereocenters. The van der Waals surface area contributed by atoms with Gasteiger partial charge in [0.05, 0.1) is 10.8 Å². The fraction of sp³-hybridized carbons (Fsp3) is 0.300. The zero-order valence-electron chi connectivity index (χ0n) is 15.3. The molecule has 1 unspecified atom stereocenters. The Kier molecular flexibility index (Phi) is 5.07. The molecule has 3 rings (SSSR count). The van der Waals surface area contributed by atoms with Crippen LogP contribution in [0.2, 0.25) is 0 Å². The number of sulfonamides is 1. The number of nitrogens with two attached hydrogens (primary N) is 1. The number of nitrogen functional groups attached to an aromatic ring is 1. The minimum Gasteiger partial charge on any atom is -0.399 e. The monoisotopic (exact) mass is 371 g/mol. The van der Waals surface area contributed by atoms with Crippen LogP contribution in [0.1, 0.15) is 32.3 Å². The molecule has 0 saturated carbocycles. The molecule has 0 bridgehead atoms. The molecule has 6 heteroatoms. The van der Waals surface area contributed by atoms with Crippen molar-refractivity contribution < 1.29 is 8.42 Å². The first-order valence-electron chi connectivity index (χ1n) is 8.73. The van der Waals surface area contributed by atoms with Crippen molar-refractivity contribution in [3.8, 4) is 5.69 Å². The Labute approximate surface area is 154 Å². The van der Waals surface area contributed by atoms with Gasteiger partial charge in [0.25, 0.3) is 0 Å². The molecule has 0 aliphatic rings. The van der Waals surface area contributed by atoms with Crippen molar-refractivity contribution in [3.05, 3.63) is 60.3 Å². The first kappa shape index (κ1) is 18.5. The van der Waals surface area contributed by atoms with Gasteiger partial charge in [-0.1, -0.05) is 19.1 Å². The molecule has 138 valence electrons. The summed E-state index contributed by atoms with van der Waals surface area (Å²) in [7, 11) is -3.24. The van der Waals surface area contributed by atoms with Crippen molar-refractivity contribution in [2.75, 3.05) is 12.3 Å². The minimum atomic E-state index is -3.24. The molecule has 3 aromatic rings. The average molecular weight is 372 g/mol. The molecular weight excluding hydrogens is 346 g/mol. The second kappa shape index (κ2) is 7.13. The van der Waals surface area contributed by atoms with Gasteiger partial charge in [-0.3, -0.25) is 0 Å². The van der Waals surface area contributed by atoms with Crippen molar-refractivity contribution in [2.24, 2.45) is 0 Å². The van der Waals surface area contributed by atoms with E-state index in [9.17, 15) is 8.42 Å². The molecule has 0 spiro atoms. The average Bonchev–Trinajstić information content (AvgIpc) is 3.02. The first-order chi connectivity index (χ1) is 12.3. The van der Waals surface area contributed by atoms with E-state index < -0.39 is 15.3 Å². The second-order valence-corrected chi connectivity index (χ2v) is 9.26. The molecule has 0 fully saturated rings. The molecule has 0 radical (unpaired) electrons. The molecular formula is C20H25N3O2S. The zero-order valence-corrected chi connectivity index (χ0v) is 16.1. The fourth-order valence-corrected chi connectivity index (χ4v) is 3.69. The highest BCUT2D eigenvalue weighted by Gasteiger charge is 2.17. The van der Waals surface area contributed by atoms with E-state index >= 15 is 0 Å². The van der Waals surface area contributed by atoms with Crippen molar-refractivity contribution in [2.45, 2.75) is 31.9 Å². The number of nitrogens with one attached hydrogen (secondary N) is 1. The molecule has 0 aliphatic heterocycles. The van der Waals surface area contributed by atoms with Crippen molar-refractivity contribution >= 4 is 26.6 Å². The number of rotatable bonds is 6. The molecule has 0 saturated heterocycles. The smallest absolute Gasteiger partial charge is 0.213 e. The number of aromatic nitrogens is 1. The quantitative estimate of drug-likeness (QED) is 0.649. The maximum absolute atomic E-state index is 11.9. The van der Waals surface area contributed by atoms with Crippen LogP contribution in [-0.4, -0.2) is 24.8 Å². The molecule has 2 aromatic carbocycles. The van der Waals surface area contributed by atoms with Crippen LogP contribution in [0.4, 0.5) is 5.69 Å². The van der Waals surface area contributed by atoms with Gasteiger partial charge in [-0.15, -0.1) is 0 Å². The van der Waals surface area contributed by atoms with Gasteiger partial charge in [0, 0.05) is 29.5 Å². The number of nitrogens with zero attached hydrogens (tertiary/aromatic N) is 1. The lowest BCUT2D eigenvalue weighted by Crippen LogP contribution is -2.33. The summed E-state index contributed by atoms with van der Waals surface area (Å²) in [6.07, 6.45) is 2.03. The van der Waals surface area contributed by atoms with Gasteiger partial charge in [0.2, 0.25) is 10.0 Å². The summed E-state index contributed by atoms with van der Waals surface area (Å²) in [5, 5.41) is 0.679. The third-order valence-corrected chi connectivity index (χ3v) is 6.48. The van der Waals surface area contributed by atoms with E-state index in [-0.39, 0.29) is 5.92 Å². The Bertz CT molecular complexity index is 1010. The summed E-state index contributed by atoms with van der Waals surface area (Å²) in [6.45, 7) is 5.77. The summed E-state index contributed by atoms with van der Waals surface area (Å²) >= 11 is 0. The van der Waals surface area contributed by atoms with E-state index in [0.29, 0.717) is 6.54 Å². The number of anilines is 1. The molecule has 3 N–H and O–H groups in total. The third-order valence-electron chi connectivity index (χ3n) is 4.67. The lowest BCUT2D eigenvalue weighted by molar-refractivity contribution is 0.566. The Morgan fingerprint density at radius 3 is 2.38 bits per heavy atom. The predicted octanol–water partition coefficient (Wildman–Crippen LogP) is 3.64. The number of fused-ring (bicyclic) bond motifs is 1. The van der Waals surface area contributed by atoms with Gasteiger partial charge < -0.3 is 10.3 Å². The molecule has 5 nitrogen and oxygen atoms in total. The Balaban J connectivity index is 1.77. The van der Waals surface area contributed by atoms with Crippen LogP contribution < -0.4 is 10.5 Å². The Hall–Kier alpha value is -2.31. The van der Waals surface area contributed by atoms with Crippen LogP contribution >= 0.6 is 0 Å². The van der Waals surface area contributed by atoms with Crippen LogP contribution in [0.5, 0.6) is 0 Å². The predicted molar refractivity (Wildman–Crippen MR) is 108 cm³/mol. The van der Waals surface area contributed by atoms with E-state index in [4.69, 9.17) is 5.73 Å². The SMILES string of the molecule is CC(CNS(=O)(=O)C(C)C)c1ccc(-n2ccc3cc(N)ccc32)cc1. The van der Waals surface area contributed by atoms with Gasteiger partial charge >= 0.3 is 0 Å². The zero-order chi connectivity index (χ0) is 18.9. The van der Waals surface area contributed by atoms with Gasteiger partial charge in [0.1, 0.15) is 0 Å². The van der Waals surface area contributed by atoms with Crippen LogP contribution in [-0.2, 0) is 10.0 Å². The third kappa shape index (κ3) is 3.76. The second-order valence-electron chi connectivity index (χ2n) is 6.94. The van der Waals surface area contributed by atoms with Crippen LogP contribution in [0.15, 0.2) is 54.7 Å². The van der Waals surface area contributed by atoms with Crippen molar-refractivity contribution in [1.29, 1.82) is 0 Å².